The van der Waals surface area contributed by atoms with Gasteiger partial charge in [0.25, 0.3) is 0 Å². The molecule has 0 amide bonds. The second kappa shape index (κ2) is 10.1. The van der Waals surface area contributed by atoms with E-state index in [4.69, 9.17) is 10.00 Å². The molecule has 0 saturated carbocycles. The zero-order valence-corrected chi connectivity index (χ0v) is 13.4. The van der Waals surface area contributed by atoms with Crippen LogP contribution >= 0.6 is 15.9 Å². The lowest BCUT2D eigenvalue weighted by Crippen LogP contribution is -2.13. The number of nitrogens with zero attached hydrogens (tertiary/aromatic N) is 1. The third-order valence-electron chi connectivity index (χ3n) is 2.95. The van der Waals surface area contributed by atoms with Gasteiger partial charge in [0.15, 0.2) is 12.4 Å². The highest BCUT2D eigenvalue weighted by molar-refractivity contribution is 9.10. The maximum atomic E-state index is 11.8. The van der Waals surface area contributed by atoms with E-state index in [0.717, 1.165) is 30.2 Å². The third-order valence-corrected chi connectivity index (χ3v) is 3.48. The normalized spacial score (nSPS) is 9.90. The van der Waals surface area contributed by atoms with Crippen molar-refractivity contribution in [3.63, 3.8) is 0 Å². The molecule has 0 unspecified atom stereocenters. The van der Waals surface area contributed by atoms with Crippen molar-refractivity contribution in [2.45, 2.75) is 38.5 Å². The van der Waals surface area contributed by atoms with Gasteiger partial charge < -0.3 is 4.74 Å². The van der Waals surface area contributed by atoms with Gasteiger partial charge in [-0.05, 0) is 25.0 Å². The van der Waals surface area contributed by atoms with E-state index < -0.39 is 0 Å². The van der Waals surface area contributed by atoms with Gasteiger partial charge in [-0.2, -0.15) is 5.26 Å². The Morgan fingerprint density at radius 2 is 1.76 bits per heavy atom. The molecule has 0 radical (unpaired) electrons. The maximum Gasteiger partial charge on any atom is 0.306 e. The first kappa shape index (κ1) is 17.4. The quantitative estimate of drug-likeness (QED) is 0.382. The van der Waals surface area contributed by atoms with Crippen LogP contribution in [0.15, 0.2) is 28.7 Å². The molecular formula is C16H18BrNO3. The van der Waals surface area contributed by atoms with E-state index in [2.05, 4.69) is 22.0 Å². The Kier molecular flexibility index (Phi) is 8.37. The number of nitriles is 1. The molecule has 21 heavy (non-hydrogen) atoms. The van der Waals surface area contributed by atoms with E-state index >= 15 is 0 Å². The number of ether oxygens (including phenoxy) is 1. The molecule has 0 N–H and O–H groups in total. The van der Waals surface area contributed by atoms with E-state index in [-0.39, 0.29) is 18.4 Å². The molecule has 0 atom stereocenters. The summed E-state index contributed by atoms with van der Waals surface area (Å²) in [4.78, 5) is 23.3. The average Bonchev–Trinajstić information content (AvgIpc) is 2.49. The van der Waals surface area contributed by atoms with Crippen molar-refractivity contribution in [2.75, 3.05) is 6.61 Å². The number of esters is 1. The van der Waals surface area contributed by atoms with E-state index in [9.17, 15) is 9.59 Å². The molecule has 0 bridgehead atoms. The minimum atomic E-state index is -0.347. The minimum Gasteiger partial charge on any atom is -0.457 e. The minimum absolute atomic E-state index is 0.204. The van der Waals surface area contributed by atoms with E-state index in [1.54, 1.807) is 24.3 Å². The van der Waals surface area contributed by atoms with Gasteiger partial charge >= 0.3 is 5.97 Å². The van der Waals surface area contributed by atoms with Gasteiger partial charge in [-0.3, -0.25) is 9.59 Å². The van der Waals surface area contributed by atoms with Crippen LogP contribution in [-0.4, -0.2) is 18.4 Å². The zero-order chi connectivity index (χ0) is 15.5. The molecule has 0 aliphatic heterocycles. The van der Waals surface area contributed by atoms with E-state index in [0.29, 0.717) is 18.4 Å². The summed E-state index contributed by atoms with van der Waals surface area (Å²) in [6.45, 7) is -0.213. The van der Waals surface area contributed by atoms with Gasteiger partial charge in [-0.1, -0.05) is 40.9 Å². The van der Waals surface area contributed by atoms with Crippen LogP contribution in [0.5, 0.6) is 0 Å². The Balaban J connectivity index is 2.16. The van der Waals surface area contributed by atoms with Crippen LogP contribution in [0.25, 0.3) is 0 Å². The Bertz CT molecular complexity index is 505. The topological polar surface area (TPSA) is 67.2 Å². The SMILES string of the molecule is N#CCCCCCCC(=O)OCC(=O)c1ccc(Br)cc1. The number of rotatable bonds is 9. The first-order valence-electron chi connectivity index (χ1n) is 6.95. The summed E-state index contributed by atoms with van der Waals surface area (Å²) >= 11 is 3.29. The van der Waals surface area contributed by atoms with Crippen LogP contribution < -0.4 is 0 Å². The summed E-state index contributed by atoms with van der Waals surface area (Å²) < 4.78 is 5.86. The lowest BCUT2D eigenvalue weighted by Gasteiger charge is -2.04. The highest BCUT2D eigenvalue weighted by atomic mass is 79.9. The van der Waals surface area contributed by atoms with Gasteiger partial charge in [0.1, 0.15) is 0 Å². The molecule has 5 heteroatoms. The average molecular weight is 352 g/mol. The summed E-state index contributed by atoms with van der Waals surface area (Å²) in [6, 6.07) is 9.02. The predicted molar refractivity (Wildman–Crippen MR) is 82.7 cm³/mol. The fourth-order valence-electron chi connectivity index (χ4n) is 1.76. The van der Waals surface area contributed by atoms with E-state index in [1.807, 2.05) is 0 Å². The summed E-state index contributed by atoms with van der Waals surface area (Å²) in [5.41, 5.74) is 0.530. The third kappa shape index (κ3) is 7.62. The van der Waals surface area contributed by atoms with Crippen LogP contribution in [0.4, 0.5) is 0 Å². The second-order valence-corrected chi connectivity index (χ2v) is 5.58. The summed E-state index contributed by atoms with van der Waals surface area (Å²) in [6.07, 6.45) is 4.33. The zero-order valence-electron chi connectivity index (χ0n) is 11.8. The van der Waals surface area contributed by atoms with Crippen molar-refractivity contribution < 1.29 is 14.3 Å². The number of hydrogen-bond acceptors (Lipinski definition) is 4. The smallest absolute Gasteiger partial charge is 0.306 e. The van der Waals surface area contributed by atoms with Gasteiger partial charge in [-0.25, -0.2) is 0 Å². The Morgan fingerprint density at radius 1 is 1.10 bits per heavy atom. The van der Waals surface area contributed by atoms with Crippen molar-refractivity contribution in [1.82, 2.24) is 0 Å². The second-order valence-electron chi connectivity index (χ2n) is 4.66. The standard InChI is InChI=1S/C16H18BrNO3/c17-14-9-7-13(8-10-14)15(19)12-21-16(20)6-4-2-1-3-5-11-18/h7-10H,1-6,12H2. The van der Waals surface area contributed by atoms with Crippen molar-refractivity contribution >= 4 is 27.7 Å². The molecule has 0 aliphatic carbocycles. The molecule has 1 aromatic rings. The van der Waals surface area contributed by atoms with Gasteiger partial charge in [0.05, 0.1) is 6.07 Å². The number of halogens is 1. The van der Waals surface area contributed by atoms with Crippen LogP contribution in [-0.2, 0) is 9.53 Å². The van der Waals surface area contributed by atoms with Crippen molar-refractivity contribution in [2.24, 2.45) is 0 Å². The number of Topliss-reactive ketones (excluding diaryl/α,β-unsaturated/α-hetero) is 1. The lowest BCUT2D eigenvalue weighted by molar-refractivity contribution is -0.142. The molecule has 1 rings (SSSR count). The monoisotopic (exact) mass is 351 g/mol. The van der Waals surface area contributed by atoms with Gasteiger partial charge in [0.2, 0.25) is 0 Å². The van der Waals surface area contributed by atoms with Crippen molar-refractivity contribution in [3.05, 3.63) is 34.3 Å². The molecular weight excluding hydrogens is 334 g/mol. The Hall–Kier alpha value is -1.67. The molecule has 4 nitrogen and oxygen atoms in total. The Labute approximate surface area is 133 Å². The first-order chi connectivity index (χ1) is 10.1. The maximum absolute atomic E-state index is 11.8. The number of ketones is 1. The molecule has 0 heterocycles. The molecule has 1 aromatic carbocycles. The van der Waals surface area contributed by atoms with Gasteiger partial charge in [-0.15, -0.1) is 0 Å². The fourth-order valence-corrected chi connectivity index (χ4v) is 2.03. The number of hydrogen-bond donors (Lipinski definition) is 0. The number of carbonyl (C=O) groups excluding carboxylic acids is 2. The predicted octanol–water partition coefficient (Wildman–Crippen LogP) is 4.04. The van der Waals surface area contributed by atoms with Crippen LogP contribution in [0.2, 0.25) is 0 Å². The summed E-state index contributed by atoms with van der Waals surface area (Å²) in [5, 5.41) is 8.38. The molecule has 0 spiro atoms. The summed E-state index contributed by atoms with van der Waals surface area (Å²) in [7, 11) is 0. The first-order valence-corrected chi connectivity index (χ1v) is 7.74. The molecule has 0 aliphatic rings. The molecule has 0 aromatic heterocycles. The van der Waals surface area contributed by atoms with Crippen LogP contribution in [0, 0.1) is 11.3 Å². The van der Waals surface area contributed by atoms with Gasteiger partial charge in [0, 0.05) is 22.9 Å². The molecule has 112 valence electrons. The number of unbranched alkanes of at least 4 members (excludes halogenated alkanes) is 4. The molecule has 0 saturated heterocycles. The van der Waals surface area contributed by atoms with Crippen LogP contribution in [0.1, 0.15) is 48.9 Å². The highest BCUT2D eigenvalue weighted by Crippen LogP contribution is 2.11. The molecule has 0 fully saturated rings. The largest absolute Gasteiger partial charge is 0.457 e. The lowest BCUT2D eigenvalue weighted by atomic mass is 10.1. The summed E-state index contributed by atoms with van der Waals surface area (Å²) in [5.74, 6) is -0.550. The Morgan fingerprint density at radius 3 is 2.43 bits per heavy atom. The van der Waals surface area contributed by atoms with Crippen LogP contribution in [0.3, 0.4) is 0 Å². The highest BCUT2D eigenvalue weighted by Gasteiger charge is 2.09. The van der Waals surface area contributed by atoms with Crippen molar-refractivity contribution in [1.29, 1.82) is 5.26 Å². The number of carbonyl (C=O) groups is 2. The van der Waals surface area contributed by atoms with E-state index in [1.165, 1.54) is 0 Å². The number of benzene rings is 1. The fraction of sp³-hybridized carbons (Fsp3) is 0.438. The van der Waals surface area contributed by atoms with Crippen molar-refractivity contribution in [3.8, 4) is 6.07 Å².